The van der Waals surface area contributed by atoms with Gasteiger partial charge in [0.1, 0.15) is 6.10 Å². The van der Waals surface area contributed by atoms with Gasteiger partial charge >= 0.3 is 0 Å². The van der Waals surface area contributed by atoms with Crippen LogP contribution in [0.2, 0.25) is 0 Å². The Morgan fingerprint density at radius 1 is 0.931 bits per heavy atom. The average molecular weight is 380 g/mol. The molecule has 1 unspecified atom stereocenters. The van der Waals surface area contributed by atoms with E-state index >= 15 is 0 Å². The van der Waals surface area contributed by atoms with Crippen molar-refractivity contribution in [3.8, 4) is 5.88 Å². The van der Waals surface area contributed by atoms with E-state index in [0.29, 0.717) is 0 Å². The van der Waals surface area contributed by atoms with E-state index in [1.54, 1.807) is 0 Å². The van der Waals surface area contributed by atoms with Crippen molar-refractivity contribution in [1.29, 1.82) is 0 Å². The lowest BCUT2D eigenvalue weighted by Gasteiger charge is -2.24. The summed E-state index contributed by atoms with van der Waals surface area (Å²) in [6, 6.07) is 29.7. The summed E-state index contributed by atoms with van der Waals surface area (Å²) in [5, 5.41) is 1.17. The highest BCUT2D eigenvalue weighted by molar-refractivity contribution is 5.83. The first-order valence-corrected chi connectivity index (χ1v) is 10.1. The Labute approximate surface area is 171 Å². The van der Waals surface area contributed by atoms with Gasteiger partial charge in [0.25, 0.3) is 0 Å². The number of pyridine rings is 1. The maximum atomic E-state index is 6.52. The Kier molecular flexibility index (Phi) is 4.74. The van der Waals surface area contributed by atoms with Crippen molar-refractivity contribution in [3.05, 3.63) is 107 Å². The van der Waals surface area contributed by atoms with Crippen molar-refractivity contribution in [2.45, 2.75) is 26.1 Å². The van der Waals surface area contributed by atoms with Crippen LogP contribution in [0.4, 0.5) is 0 Å². The molecule has 0 saturated carbocycles. The van der Waals surface area contributed by atoms with E-state index in [0.717, 1.165) is 36.6 Å². The zero-order valence-electron chi connectivity index (χ0n) is 16.6. The van der Waals surface area contributed by atoms with E-state index in [1.807, 2.05) is 6.07 Å². The second kappa shape index (κ2) is 7.69. The predicted octanol–water partition coefficient (Wildman–Crippen LogP) is 5.68. The topological polar surface area (TPSA) is 25.4 Å². The molecule has 4 aromatic rings. The number of hydrogen-bond acceptors (Lipinski definition) is 3. The molecule has 0 radical (unpaired) electrons. The van der Waals surface area contributed by atoms with Crippen LogP contribution in [0.5, 0.6) is 5.88 Å². The van der Waals surface area contributed by atoms with Crippen molar-refractivity contribution in [3.63, 3.8) is 0 Å². The summed E-state index contributed by atoms with van der Waals surface area (Å²) in [4.78, 5) is 7.40. The van der Waals surface area contributed by atoms with Crippen LogP contribution in [0.1, 0.15) is 28.4 Å². The molecule has 1 aliphatic rings. The largest absolute Gasteiger partial charge is 0.468 e. The van der Waals surface area contributed by atoms with E-state index < -0.39 is 0 Å². The molecule has 0 N–H and O–H groups in total. The molecule has 0 spiro atoms. The SMILES string of the molecule is Cc1cccc2cc3c(nc12)OC(c1ccccc1)CN(Cc1ccccc1)C3. The standard InChI is InChI=1S/C26H24N2O/c1-19-9-8-14-22-15-23-17-28(16-20-10-4-2-5-11-20)18-24(21-12-6-3-7-13-21)29-26(23)27-25(19)22/h2-15,24H,16-18H2,1H3. The lowest BCUT2D eigenvalue weighted by atomic mass is 10.1. The molecule has 3 nitrogen and oxygen atoms in total. The van der Waals surface area contributed by atoms with Crippen molar-refractivity contribution in [1.82, 2.24) is 9.88 Å². The van der Waals surface area contributed by atoms with Gasteiger partial charge in [0.2, 0.25) is 5.88 Å². The molecule has 144 valence electrons. The predicted molar refractivity (Wildman–Crippen MR) is 117 cm³/mol. The molecule has 3 heteroatoms. The minimum Gasteiger partial charge on any atom is -0.468 e. The third-order valence-electron chi connectivity index (χ3n) is 5.58. The maximum absolute atomic E-state index is 6.52. The van der Waals surface area contributed by atoms with Gasteiger partial charge in [0, 0.05) is 30.6 Å². The van der Waals surface area contributed by atoms with E-state index in [4.69, 9.17) is 9.72 Å². The van der Waals surface area contributed by atoms with E-state index in [-0.39, 0.29) is 6.10 Å². The van der Waals surface area contributed by atoms with Crippen molar-refractivity contribution < 1.29 is 4.74 Å². The van der Waals surface area contributed by atoms with Gasteiger partial charge in [-0.3, -0.25) is 4.90 Å². The lowest BCUT2D eigenvalue weighted by molar-refractivity contribution is 0.140. The Bertz CT molecular complexity index is 1130. The average Bonchev–Trinajstić information content (AvgIpc) is 2.93. The molecular formula is C26H24N2O. The number of aromatic nitrogens is 1. The van der Waals surface area contributed by atoms with Crippen molar-refractivity contribution in [2.75, 3.05) is 6.54 Å². The normalized spacial score (nSPS) is 16.8. The van der Waals surface area contributed by atoms with Crippen LogP contribution in [0, 0.1) is 6.92 Å². The Morgan fingerprint density at radius 3 is 2.48 bits per heavy atom. The van der Waals surface area contributed by atoms with Gasteiger partial charge in [-0.2, -0.15) is 0 Å². The molecule has 0 bridgehead atoms. The highest BCUT2D eigenvalue weighted by Crippen LogP contribution is 2.33. The van der Waals surface area contributed by atoms with Crippen LogP contribution < -0.4 is 4.74 Å². The van der Waals surface area contributed by atoms with E-state index in [2.05, 4.69) is 90.7 Å². The number of aryl methyl sites for hydroxylation is 1. The monoisotopic (exact) mass is 380 g/mol. The first kappa shape index (κ1) is 17.9. The molecule has 29 heavy (non-hydrogen) atoms. The van der Waals surface area contributed by atoms with Gasteiger partial charge in [-0.25, -0.2) is 4.98 Å². The fourth-order valence-corrected chi connectivity index (χ4v) is 4.10. The summed E-state index contributed by atoms with van der Waals surface area (Å²) in [7, 11) is 0. The number of hydrogen-bond donors (Lipinski definition) is 0. The fraction of sp³-hybridized carbons (Fsp3) is 0.192. The fourth-order valence-electron chi connectivity index (χ4n) is 4.10. The summed E-state index contributed by atoms with van der Waals surface area (Å²) in [5.74, 6) is 0.760. The second-order valence-electron chi connectivity index (χ2n) is 7.77. The van der Waals surface area contributed by atoms with Gasteiger partial charge in [-0.1, -0.05) is 78.9 Å². The molecule has 0 aliphatic carbocycles. The molecule has 0 amide bonds. The minimum absolute atomic E-state index is 0.0462. The summed E-state index contributed by atoms with van der Waals surface area (Å²) in [6.07, 6.45) is -0.0462. The van der Waals surface area contributed by atoms with Crippen molar-refractivity contribution >= 4 is 10.9 Å². The molecule has 0 saturated heterocycles. The number of fused-ring (bicyclic) bond motifs is 2. The Morgan fingerprint density at radius 2 is 1.69 bits per heavy atom. The van der Waals surface area contributed by atoms with Crippen LogP contribution >= 0.6 is 0 Å². The summed E-state index contributed by atoms with van der Waals surface area (Å²) in [6.45, 7) is 4.64. The first-order chi connectivity index (χ1) is 14.3. The number of benzene rings is 3. The highest BCUT2D eigenvalue weighted by atomic mass is 16.5. The van der Waals surface area contributed by atoms with Crippen LogP contribution in [0.25, 0.3) is 10.9 Å². The van der Waals surface area contributed by atoms with Crippen LogP contribution in [0.3, 0.4) is 0 Å². The molecule has 1 aromatic heterocycles. The molecule has 1 aliphatic heterocycles. The van der Waals surface area contributed by atoms with Gasteiger partial charge in [0.05, 0.1) is 5.52 Å². The maximum Gasteiger partial charge on any atom is 0.219 e. The second-order valence-corrected chi connectivity index (χ2v) is 7.77. The molecule has 2 heterocycles. The number of rotatable bonds is 3. The van der Waals surface area contributed by atoms with Gasteiger partial charge in [-0.05, 0) is 29.7 Å². The third kappa shape index (κ3) is 3.74. The molecule has 3 aromatic carbocycles. The molecule has 0 fully saturated rings. The molecule has 1 atom stereocenters. The number of para-hydroxylation sites is 1. The summed E-state index contributed by atoms with van der Waals surface area (Å²) < 4.78 is 6.52. The Balaban J connectivity index is 1.57. The highest BCUT2D eigenvalue weighted by Gasteiger charge is 2.26. The lowest BCUT2D eigenvalue weighted by Crippen LogP contribution is -2.27. The smallest absolute Gasteiger partial charge is 0.219 e. The van der Waals surface area contributed by atoms with Crippen LogP contribution in [0.15, 0.2) is 84.9 Å². The molecular weight excluding hydrogens is 356 g/mol. The quantitative estimate of drug-likeness (QED) is 0.457. The molecule has 5 rings (SSSR count). The van der Waals surface area contributed by atoms with Crippen LogP contribution in [-0.4, -0.2) is 16.4 Å². The number of nitrogens with zero attached hydrogens (tertiary/aromatic N) is 2. The zero-order valence-corrected chi connectivity index (χ0v) is 16.6. The van der Waals surface area contributed by atoms with Crippen LogP contribution in [-0.2, 0) is 13.1 Å². The number of ether oxygens (including phenoxy) is 1. The van der Waals surface area contributed by atoms with Gasteiger partial charge in [0.15, 0.2) is 0 Å². The van der Waals surface area contributed by atoms with Gasteiger partial charge < -0.3 is 4.74 Å². The summed E-state index contributed by atoms with van der Waals surface area (Å²) in [5.41, 5.74) is 5.85. The first-order valence-electron chi connectivity index (χ1n) is 10.1. The Hall–Kier alpha value is -3.17. The zero-order chi connectivity index (χ0) is 19.6. The summed E-state index contributed by atoms with van der Waals surface area (Å²) >= 11 is 0. The van der Waals surface area contributed by atoms with E-state index in [1.165, 1.54) is 22.1 Å². The third-order valence-corrected chi connectivity index (χ3v) is 5.58. The minimum atomic E-state index is -0.0462. The van der Waals surface area contributed by atoms with E-state index in [9.17, 15) is 0 Å². The van der Waals surface area contributed by atoms with Crippen molar-refractivity contribution in [2.24, 2.45) is 0 Å². The van der Waals surface area contributed by atoms with Gasteiger partial charge in [-0.15, -0.1) is 0 Å².